The van der Waals surface area contributed by atoms with Gasteiger partial charge in [0.15, 0.2) is 0 Å². The van der Waals surface area contributed by atoms with Crippen molar-refractivity contribution in [2.24, 2.45) is 0 Å². The van der Waals surface area contributed by atoms with Crippen molar-refractivity contribution in [3.05, 3.63) is 182 Å². The number of benzene rings is 9. The zero-order chi connectivity index (χ0) is 33.5. The van der Waals surface area contributed by atoms with E-state index in [0.29, 0.717) is 0 Å². The fraction of sp³-hybridized carbons (Fsp3) is 0. The summed E-state index contributed by atoms with van der Waals surface area (Å²) >= 11 is 0. The molecule has 2 aromatic heterocycles. The highest BCUT2D eigenvalue weighted by Crippen LogP contribution is 2.43. The van der Waals surface area contributed by atoms with Crippen LogP contribution in [0.3, 0.4) is 0 Å². The van der Waals surface area contributed by atoms with Crippen molar-refractivity contribution in [3.8, 4) is 5.69 Å². The van der Waals surface area contributed by atoms with Gasteiger partial charge >= 0.3 is 0 Å². The Morgan fingerprint density at radius 2 is 0.902 bits per heavy atom. The summed E-state index contributed by atoms with van der Waals surface area (Å²) in [5, 5.41) is 12.2. The lowest BCUT2D eigenvalue weighted by Crippen LogP contribution is -2.10. The Hall–Kier alpha value is -6.84. The number of nitrogens with zero attached hydrogens (tertiary/aromatic N) is 2. The van der Waals surface area contributed by atoms with Crippen molar-refractivity contribution in [1.82, 2.24) is 4.57 Å². The van der Waals surface area contributed by atoms with Gasteiger partial charge in [0.1, 0.15) is 11.2 Å². The number of hydrogen-bond acceptors (Lipinski definition) is 2. The van der Waals surface area contributed by atoms with Crippen molar-refractivity contribution in [1.29, 1.82) is 0 Å². The van der Waals surface area contributed by atoms with Crippen LogP contribution in [0.4, 0.5) is 17.1 Å². The Bertz CT molecular complexity index is 3150. The summed E-state index contributed by atoms with van der Waals surface area (Å²) in [5.41, 5.74) is 8.58. The molecule has 0 spiro atoms. The van der Waals surface area contributed by atoms with E-state index in [-0.39, 0.29) is 0 Å². The van der Waals surface area contributed by atoms with Crippen LogP contribution in [0.1, 0.15) is 0 Å². The Morgan fingerprint density at radius 3 is 1.76 bits per heavy atom. The third-order valence-electron chi connectivity index (χ3n) is 10.5. The van der Waals surface area contributed by atoms with Gasteiger partial charge in [-0.15, -0.1) is 0 Å². The Morgan fingerprint density at radius 1 is 0.333 bits per heavy atom. The topological polar surface area (TPSA) is 21.3 Å². The van der Waals surface area contributed by atoms with E-state index < -0.39 is 0 Å². The lowest BCUT2D eigenvalue weighted by atomic mass is 9.96. The average Bonchev–Trinajstić information content (AvgIpc) is 3.73. The lowest BCUT2D eigenvalue weighted by molar-refractivity contribution is 0.669. The minimum Gasteiger partial charge on any atom is -0.456 e. The van der Waals surface area contributed by atoms with E-state index in [4.69, 9.17) is 4.42 Å². The van der Waals surface area contributed by atoms with Crippen LogP contribution in [0.2, 0.25) is 0 Å². The molecule has 0 aliphatic heterocycles. The molecule has 0 N–H and O–H groups in total. The quantitative estimate of drug-likeness (QED) is 0.177. The molecular formula is C48H30N2O. The smallest absolute Gasteiger partial charge is 0.135 e. The molecule has 238 valence electrons. The summed E-state index contributed by atoms with van der Waals surface area (Å²) in [7, 11) is 0. The van der Waals surface area contributed by atoms with Crippen LogP contribution in [0.5, 0.6) is 0 Å². The number of anilines is 3. The molecule has 0 atom stereocenters. The standard InChI is InChI=1S/C48H30N2O/c1-2-11-33(12-3-1)50-45-16-8-6-14-41(45)43-29-35(21-26-46(43)50)49(36-22-27-48-44(30-36)42-15-7-9-17-47(42)51-48)34-20-25-38-32(28-34)19-24-39-37-13-5-4-10-31(37)18-23-40(38)39/h1-30H. The van der Waals surface area contributed by atoms with E-state index in [1.807, 2.05) is 12.1 Å². The minimum absolute atomic E-state index is 0.887. The number of hydrogen-bond donors (Lipinski definition) is 0. The first-order chi connectivity index (χ1) is 25.3. The Kier molecular flexibility index (Phi) is 5.96. The van der Waals surface area contributed by atoms with Gasteiger partial charge in [-0.3, -0.25) is 0 Å². The van der Waals surface area contributed by atoms with Gasteiger partial charge in [0.05, 0.1) is 11.0 Å². The predicted molar refractivity (Wildman–Crippen MR) is 215 cm³/mol. The van der Waals surface area contributed by atoms with Gasteiger partial charge in [0, 0.05) is 44.3 Å². The molecule has 0 amide bonds. The maximum absolute atomic E-state index is 6.26. The molecule has 0 unspecified atom stereocenters. The third-order valence-corrected chi connectivity index (χ3v) is 10.5. The monoisotopic (exact) mass is 650 g/mol. The molecule has 11 aromatic rings. The molecule has 11 rings (SSSR count). The van der Waals surface area contributed by atoms with E-state index in [2.05, 4.69) is 179 Å². The molecule has 0 aliphatic rings. The molecule has 0 bridgehead atoms. The Labute approximate surface area is 293 Å². The van der Waals surface area contributed by atoms with Crippen LogP contribution < -0.4 is 4.90 Å². The molecule has 0 aliphatic carbocycles. The SMILES string of the molecule is c1ccc(-n2c3ccccc3c3cc(N(c4ccc5c(ccc6c7ccccc7ccc56)c4)c4ccc5oc6ccccc6c5c4)ccc32)cc1. The van der Waals surface area contributed by atoms with Crippen LogP contribution in [0.25, 0.3) is 81.7 Å². The van der Waals surface area contributed by atoms with E-state index in [9.17, 15) is 0 Å². The number of furan rings is 1. The molecule has 2 heterocycles. The van der Waals surface area contributed by atoms with E-state index in [0.717, 1.165) is 44.7 Å². The highest BCUT2D eigenvalue weighted by atomic mass is 16.3. The summed E-state index contributed by atoms with van der Waals surface area (Å²) in [6.45, 7) is 0. The zero-order valence-electron chi connectivity index (χ0n) is 27.6. The highest BCUT2D eigenvalue weighted by Gasteiger charge is 2.19. The summed E-state index contributed by atoms with van der Waals surface area (Å²) in [5.74, 6) is 0. The summed E-state index contributed by atoms with van der Waals surface area (Å²) in [6.07, 6.45) is 0. The van der Waals surface area contributed by atoms with Crippen LogP contribution in [0, 0.1) is 0 Å². The summed E-state index contributed by atoms with van der Waals surface area (Å²) < 4.78 is 8.63. The second-order valence-electron chi connectivity index (χ2n) is 13.4. The fourth-order valence-electron chi connectivity index (χ4n) is 8.21. The second-order valence-corrected chi connectivity index (χ2v) is 13.4. The van der Waals surface area contributed by atoms with Gasteiger partial charge in [0.2, 0.25) is 0 Å². The van der Waals surface area contributed by atoms with Gasteiger partial charge in [0.25, 0.3) is 0 Å². The second kappa shape index (κ2) is 10.8. The van der Waals surface area contributed by atoms with Crippen molar-refractivity contribution >= 4 is 93.1 Å². The van der Waals surface area contributed by atoms with Gasteiger partial charge in [-0.25, -0.2) is 0 Å². The minimum atomic E-state index is 0.887. The molecule has 3 nitrogen and oxygen atoms in total. The predicted octanol–water partition coefficient (Wildman–Crippen LogP) is 13.6. The number of aromatic nitrogens is 1. The molecule has 0 saturated carbocycles. The van der Waals surface area contributed by atoms with Crippen LogP contribution >= 0.6 is 0 Å². The van der Waals surface area contributed by atoms with Crippen molar-refractivity contribution in [2.75, 3.05) is 4.90 Å². The number of fused-ring (bicyclic) bond motifs is 11. The maximum atomic E-state index is 6.26. The van der Waals surface area contributed by atoms with E-state index >= 15 is 0 Å². The highest BCUT2D eigenvalue weighted by molar-refractivity contribution is 6.18. The first-order valence-electron chi connectivity index (χ1n) is 17.4. The molecule has 9 aromatic carbocycles. The van der Waals surface area contributed by atoms with Crippen LogP contribution in [-0.4, -0.2) is 4.57 Å². The van der Waals surface area contributed by atoms with Crippen molar-refractivity contribution in [2.45, 2.75) is 0 Å². The van der Waals surface area contributed by atoms with Gasteiger partial charge in [-0.1, -0.05) is 109 Å². The third kappa shape index (κ3) is 4.25. The molecule has 0 fully saturated rings. The van der Waals surface area contributed by atoms with E-state index in [1.54, 1.807) is 0 Å². The van der Waals surface area contributed by atoms with Gasteiger partial charge < -0.3 is 13.9 Å². The van der Waals surface area contributed by atoms with Gasteiger partial charge in [-0.2, -0.15) is 0 Å². The summed E-state index contributed by atoms with van der Waals surface area (Å²) in [6, 6.07) is 65.7. The number of rotatable bonds is 4. The zero-order valence-corrected chi connectivity index (χ0v) is 27.6. The average molecular weight is 651 g/mol. The molecule has 0 saturated heterocycles. The maximum Gasteiger partial charge on any atom is 0.135 e. The summed E-state index contributed by atoms with van der Waals surface area (Å²) in [4.78, 5) is 2.39. The molecule has 3 heteroatoms. The molecule has 51 heavy (non-hydrogen) atoms. The van der Waals surface area contributed by atoms with Crippen molar-refractivity contribution < 1.29 is 4.42 Å². The largest absolute Gasteiger partial charge is 0.456 e. The first-order valence-corrected chi connectivity index (χ1v) is 17.4. The Balaban J connectivity index is 1.16. The van der Waals surface area contributed by atoms with E-state index in [1.165, 1.54) is 54.1 Å². The molecular weight excluding hydrogens is 621 g/mol. The van der Waals surface area contributed by atoms with Crippen LogP contribution in [-0.2, 0) is 0 Å². The number of para-hydroxylation sites is 3. The molecule has 0 radical (unpaired) electrons. The fourth-order valence-corrected chi connectivity index (χ4v) is 8.21. The van der Waals surface area contributed by atoms with Crippen molar-refractivity contribution in [3.63, 3.8) is 0 Å². The normalized spacial score (nSPS) is 11.9. The van der Waals surface area contributed by atoms with Gasteiger partial charge in [-0.05, 0) is 105 Å². The first kappa shape index (κ1) is 28.0. The van der Waals surface area contributed by atoms with Crippen LogP contribution in [0.15, 0.2) is 186 Å². The lowest BCUT2D eigenvalue weighted by Gasteiger charge is -2.26.